The van der Waals surface area contributed by atoms with Crippen LogP contribution in [-0.2, 0) is 21.1 Å². The molecule has 2 aromatic rings. The number of nitrogens with one attached hydrogen (secondary N) is 1. The summed E-state index contributed by atoms with van der Waals surface area (Å²) in [6.45, 7) is 0.251. The Morgan fingerprint density at radius 1 is 1.08 bits per heavy atom. The van der Waals surface area contributed by atoms with E-state index in [9.17, 15) is 17.6 Å². The average Bonchev–Trinajstić information content (AvgIpc) is 2.55. The molecule has 0 fully saturated rings. The average molecular weight is 370 g/mol. The van der Waals surface area contributed by atoms with E-state index in [0.717, 1.165) is 0 Å². The van der Waals surface area contributed by atoms with Gasteiger partial charge in [-0.2, -0.15) is 0 Å². The summed E-state index contributed by atoms with van der Waals surface area (Å²) in [5.41, 5.74) is 0.506. The number of benzene rings is 2. The molecule has 0 saturated carbocycles. The third-order valence-corrected chi connectivity index (χ3v) is 5.43. The maximum absolute atomic E-state index is 13.4. The first-order chi connectivity index (χ1) is 11.4. The van der Waals surface area contributed by atoms with E-state index in [2.05, 4.69) is 5.32 Å². The lowest BCUT2D eigenvalue weighted by molar-refractivity contribution is -0.120. The lowest BCUT2D eigenvalue weighted by Gasteiger charge is -2.07. The fourth-order valence-electron chi connectivity index (χ4n) is 2.11. The van der Waals surface area contributed by atoms with Gasteiger partial charge >= 0.3 is 0 Å². The molecule has 7 heteroatoms. The Morgan fingerprint density at radius 2 is 1.75 bits per heavy atom. The monoisotopic (exact) mass is 369 g/mol. The lowest BCUT2D eigenvalue weighted by Crippen LogP contribution is -2.27. The second-order valence-electron chi connectivity index (χ2n) is 5.21. The molecule has 0 bridgehead atoms. The Balaban J connectivity index is 1.80. The van der Waals surface area contributed by atoms with Crippen molar-refractivity contribution >= 4 is 27.3 Å². The highest BCUT2D eigenvalue weighted by atomic mass is 35.5. The number of hydrogen-bond donors (Lipinski definition) is 1. The van der Waals surface area contributed by atoms with Gasteiger partial charge in [0.2, 0.25) is 5.91 Å². The van der Waals surface area contributed by atoms with Gasteiger partial charge in [-0.25, -0.2) is 12.8 Å². The molecule has 128 valence electrons. The highest BCUT2D eigenvalue weighted by Gasteiger charge is 2.16. The highest BCUT2D eigenvalue weighted by molar-refractivity contribution is 7.91. The fourth-order valence-corrected chi connectivity index (χ4v) is 3.48. The molecular weight excluding hydrogens is 353 g/mol. The van der Waals surface area contributed by atoms with Gasteiger partial charge in [-0.15, -0.1) is 0 Å². The molecule has 0 aliphatic heterocycles. The van der Waals surface area contributed by atoms with Crippen LogP contribution in [0.3, 0.4) is 0 Å². The number of amides is 1. The minimum atomic E-state index is -3.54. The number of carbonyl (C=O) groups excluding carboxylic acids is 1. The van der Waals surface area contributed by atoms with Gasteiger partial charge in [0, 0.05) is 18.0 Å². The summed E-state index contributed by atoms with van der Waals surface area (Å²) in [6, 6.07) is 12.1. The van der Waals surface area contributed by atoms with Crippen LogP contribution < -0.4 is 5.32 Å². The first kappa shape index (κ1) is 18.4. The van der Waals surface area contributed by atoms with Gasteiger partial charge in [-0.1, -0.05) is 29.8 Å². The maximum atomic E-state index is 13.4. The summed E-state index contributed by atoms with van der Waals surface area (Å²) < 4.78 is 37.7. The summed E-state index contributed by atoms with van der Waals surface area (Å²) in [5.74, 6) is -0.999. The largest absolute Gasteiger partial charge is 0.356 e. The Labute approximate surface area is 145 Å². The van der Waals surface area contributed by atoms with Gasteiger partial charge in [0.15, 0.2) is 9.84 Å². The van der Waals surface area contributed by atoms with Gasteiger partial charge in [0.25, 0.3) is 0 Å². The lowest BCUT2D eigenvalue weighted by atomic mass is 10.1. The first-order valence-electron chi connectivity index (χ1n) is 7.37. The predicted molar refractivity (Wildman–Crippen MR) is 91.2 cm³/mol. The zero-order valence-corrected chi connectivity index (χ0v) is 14.4. The quantitative estimate of drug-likeness (QED) is 0.816. The summed E-state index contributed by atoms with van der Waals surface area (Å²) in [7, 11) is -3.54. The predicted octanol–water partition coefficient (Wildman–Crippen LogP) is 3.00. The van der Waals surface area contributed by atoms with Crippen molar-refractivity contribution in [3.8, 4) is 0 Å². The van der Waals surface area contributed by atoms with Crippen molar-refractivity contribution < 1.29 is 17.6 Å². The smallest absolute Gasteiger partial charge is 0.221 e. The molecule has 1 amide bonds. The molecule has 0 unspecified atom stereocenters. The number of sulfone groups is 1. The Bertz CT molecular complexity index is 807. The van der Waals surface area contributed by atoms with E-state index in [4.69, 9.17) is 11.6 Å². The van der Waals surface area contributed by atoms with Crippen LogP contribution >= 0.6 is 11.6 Å². The minimum Gasteiger partial charge on any atom is -0.356 e. The molecule has 4 nitrogen and oxygen atoms in total. The van der Waals surface area contributed by atoms with E-state index in [1.54, 1.807) is 18.2 Å². The number of halogens is 2. The van der Waals surface area contributed by atoms with E-state index < -0.39 is 9.84 Å². The molecule has 0 aliphatic carbocycles. The van der Waals surface area contributed by atoms with E-state index in [1.807, 2.05) is 0 Å². The van der Waals surface area contributed by atoms with Gasteiger partial charge in [0.1, 0.15) is 5.82 Å². The van der Waals surface area contributed by atoms with Crippen molar-refractivity contribution in [1.29, 1.82) is 0 Å². The van der Waals surface area contributed by atoms with Crippen molar-refractivity contribution in [2.24, 2.45) is 0 Å². The molecule has 0 atom stereocenters. The van der Waals surface area contributed by atoms with E-state index >= 15 is 0 Å². The number of carbonyl (C=O) groups is 1. The molecule has 0 spiro atoms. The number of hydrogen-bond acceptors (Lipinski definition) is 3. The van der Waals surface area contributed by atoms with Crippen molar-refractivity contribution in [3.05, 3.63) is 64.9 Å². The Morgan fingerprint density at radius 3 is 2.42 bits per heavy atom. The van der Waals surface area contributed by atoms with Crippen molar-refractivity contribution in [1.82, 2.24) is 5.32 Å². The van der Waals surface area contributed by atoms with E-state index in [0.29, 0.717) is 17.0 Å². The summed E-state index contributed by atoms with van der Waals surface area (Å²) in [6.07, 6.45) is 0.199. The highest BCUT2D eigenvalue weighted by Crippen LogP contribution is 2.16. The minimum absolute atomic E-state index is 0.131. The molecule has 0 aromatic heterocycles. The topological polar surface area (TPSA) is 63.2 Å². The van der Waals surface area contributed by atoms with E-state index in [1.165, 1.54) is 30.3 Å². The number of rotatable bonds is 7. The zero-order chi connectivity index (χ0) is 17.6. The van der Waals surface area contributed by atoms with Crippen LogP contribution in [0.2, 0.25) is 5.02 Å². The molecular formula is C17H17ClFNO3S. The van der Waals surface area contributed by atoms with Crippen LogP contribution in [0.4, 0.5) is 4.39 Å². The third-order valence-electron chi connectivity index (χ3n) is 3.44. The van der Waals surface area contributed by atoms with Crippen molar-refractivity contribution in [2.75, 3.05) is 12.3 Å². The molecule has 2 rings (SSSR count). The van der Waals surface area contributed by atoms with Crippen LogP contribution in [0, 0.1) is 5.82 Å². The second kappa shape index (κ2) is 8.26. The Kier molecular flexibility index (Phi) is 6.34. The summed E-state index contributed by atoms with van der Waals surface area (Å²) >= 11 is 5.72. The molecule has 2 aromatic carbocycles. The molecule has 1 N–H and O–H groups in total. The third kappa shape index (κ3) is 5.32. The molecule has 0 radical (unpaired) electrons. The standard InChI is InChI=1S/C17H17ClFNO3S/c18-14-5-7-15(8-6-14)24(22,23)12-10-17(21)20-11-9-13-3-1-2-4-16(13)19/h1-8H,9-12H2,(H,20,21). The van der Waals surface area contributed by atoms with Crippen LogP contribution in [0.1, 0.15) is 12.0 Å². The summed E-state index contributed by atoms with van der Waals surface area (Å²) in [5, 5.41) is 3.04. The maximum Gasteiger partial charge on any atom is 0.221 e. The first-order valence-corrected chi connectivity index (χ1v) is 9.40. The van der Waals surface area contributed by atoms with Crippen LogP contribution in [-0.4, -0.2) is 26.6 Å². The molecule has 24 heavy (non-hydrogen) atoms. The fraction of sp³-hybridized carbons (Fsp3) is 0.235. The summed E-state index contributed by atoms with van der Waals surface area (Å²) in [4.78, 5) is 11.9. The van der Waals surface area contributed by atoms with Gasteiger partial charge < -0.3 is 5.32 Å². The normalized spacial score (nSPS) is 11.2. The Hall–Kier alpha value is -1.92. The molecule has 0 aliphatic rings. The van der Waals surface area contributed by atoms with Gasteiger partial charge in [-0.3, -0.25) is 4.79 Å². The van der Waals surface area contributed by atoms with E-state index in [-0.39, 0.29) is 35.3 Å². The molecule has 0 heterocycles. The SMILES string of the molecule is O=C(CCS(=O)(=O)c1ccc(Cl)cc1)NCCc1ccccc1F. The van der Waals surface area contributed by atoms with Crippen molar-refractivity contribution in [3.63, 3.8) is 0 Å². The molecule has 0 saturated heterocycles. The second-order valence-corrected chi connectivity index (χ2v) is 7.76. The van der Waals surface area contributed by atoms with Crippen molar-refractivity contribution in [2.45, 2.75) is 17.7 Å². The van der Waals surface area contributed by atoms with Gasteiger partial charge in [0.05, 0.1) is 10.6 Å². The zero-order valence-electron chi connectivity index (χ0n) is 12.8. The van der Waals surface area contributed by atoms with Crippen LogP contribution in [0.25, 0.3) is 0 Å². The van der Waals surface area contributed by atoms with Crippen LogP contribution in [0.15, 0.2) is 53.4 Å². The van der Waals surface area contributed by atoms with Crippen LogP contribution in [0.5, 0.6) is 0 Å². The van der Waals surface area contributed by atoms with Gasteiger partial charge in [-0.05, 0) is 42.3 Å².